The van der Waals surface area contributed by atoms with Crippen LogP contribution in [0.2, 0.25) is 0 Å². The fourth-order valence-electron chi connectivity index (χ4n) is 5.41. The maximum atomic E-state index is 4.19. The molecule has 4 heterocycles. The number of anilines is 1. The SMILES string of the molecule is C=C1CC2CN(C3=CC(c4ccc(CCCNC)cc4)Nc4cc(CC)sc43)CC2CN1.CC. The van der Waals surface area contributed by atoms with E-state index in [9.17, 15) is 0 Å². The van der Waals surface area contributed by atoms with Gasteiger partial charge < -0.3 is 20.9 Å². The van der Waals surface area contributed by atoms with Gasteiger partial charge >= 0.3 is 0 Å². The molecular formula is C29H42N4S. The number of rotatable bonds is 7. The first-order valence-electron chi connectivity index (χ1n) is 13.2. The van der Waals surface area contributed by atoms with Gasteiger partial charge in [-0.15, -0.1) is 11.3 Å². The average Bonchev–Trinajstić information content (AvgIpc) is 3.49. The Bertz CT molecular complexity index is 990. The molecule has 0 aliphatic carbocycles. The van der Waals surface area contributed by atoms with Crippen LogP contribution in [0.15, 0.2) is 48.7 Å². The Labute approximate surface area is 210 Å². The fourth-order valence-corrected chi connectivity index (χ4v) is 6.52. The number of likely N-dealkylation sites (tertiary alicyclic amines) is 1. The standard InChI is InChI=1S/C27H36N4S.C2H6/c1-4-23-13-25-27(32-23)26(31-16-21-12-18(2)29-15-22(21)17-31)14-24(30-25)20-9-7-19(8-10-20)6-5-11-28-3;1-2/h7-10,13-14,21-22,24,28-30H,2,4-6,11-12,15-17H2,1,3H3;1-2H3. The van der Waals surface area contributed by atoms with E-state index in [1.54, 1.807) is 0 Å². The van der Waals surface area contributed by atoms with Gasteiger partial charge in [-0.05, 0) is 74.4 Å². The predicted molar refractivity (Wildman–Crippen MR) is 148 cm³/mol. The Hall–Kier alpha value is -2.24. The molecule has 0 radical (unpaired) electrons. The van der Waals surface area contributed by atoms with Gasteiger partial charge in [0.05, 0.1) is 22.3 Å². The summed E-state index contributed by atoms with van der Waals surface area (Å²) in [6, 6.07) is 11.8. The van der Waals surface area contributed by atoms with Crippen molar-refractivity contribution in [1.29, 1.82) is 0 Å². The summed E-state index contributed by atoms with van der Waals surface area (Å²) in [6.45, 7) is 14.9. The van der Waals surface area contributed by atoms with Crippen molar-refractivity contribution < 1.29 is 0 Å². The summed E-state index contributed by atoms with van der Waals surface area (Å²) in [4.78, 5) is 5.54. The van der Waals surface area contributed by atoms with Gasteiger partial charge in [0.15, 0.2) is 0 Å². The van der Waals surface area contributed by atoms with Gasteiger partial charge in [0.1, 0.15) is 0 Å². The molecule has 0 bridgehead atoms. The van der Waals surface area contributed by atoms with Gasteiger partial charge in [0, 0.05) is 30.2 Å². The normalized spacial score (nSPS) is 23.2. The summed E-state index contributed by atoms with van der Waals surface area (Å²) in [5.74, 6) is 1.45. The number of thiophene rings is 1. The van der Waals surface area contributed by atoms with Crippen LogP contribution in [0.1, 0.15) is 60.5 Å². The summed E-state index contributed by atoms with van der Waals surface area (Å²) in [5.41, 5.74) is 6.73. The first kappa shape index (κ1) is 24.9. The van der Waals surface area contributed by atoms with Crippen LogP contribution in [0.5, 0.6) is 0 Å². The molecule has 1 aromatic carbocycles. The number of nitrogens with zero attached hydrogens (tertiary/aromatic N) is 1. The van der Waals surface area contributed by atoms with Gasteiger partial charge in [-0.2, -0.15) is 0 Å². The van der Waals surface area contributed by atoms with Gasteiger partial charge in [0.2, 0.25) is 0 Å². The smallest absolute Gasteiger partial charge is 0.0736 e. The molecule has 0 spiro atoms. The molecule has 184 valence electrons. The minimum atomic E-state index is 0.221. The van der Waals surface area contributed by atoms with Crippen molar-refractivity contribution in [1.82, 2.24) is 15.5 Å². The molecule has 5 rings (SSSR count). The second kappa shape index (κ2) is 11.5. The molecule has 1 aromatic heterocycles. The zero-order chi connectivity index (χ0) is 24.1. The van der Waals surface area contributed by atoms with Crippen LogP contribution in [0.4, 0.5) is 5.69 Å². The molecule has 4 nitrogen and oxygen atoms in total. The van der Waals surface area contributed by atoms with Crippen molar-refractivity contribution >= 4 is 22.7 Å². The highest BCUT2D eigenvalue weighted by Crippen LogP contribution is 2.45. The van der Waals surface area contributed by atoms with Crippen LogP contribution in [-0.2, 0) is 12.8 Å². The zero-order valence-electron chi connectivity index (χ0n) is 21.4. The first-order valence-corrected chi connectivity index (χ1v) is 14.0. The topological polar surface area (TPSA) is 39.3 Å². The number of allylic oxidation sites excluding steroid dienone is 1. The highest BCUT2D eigenvalue weighted by molar-refractivity contribution is 7.13. The molecule has 3 N–H and O–H groups in total. The van der Waals surface area contributed by atoms with Crippen LogP contribution in [0.3, 0.4) is 0 Å². The average molecular weight is 479 g/mol. The van der Waals surface area contributed by atoms with Crippen LogP contribution >= 0.6 is 11.3 Å². The monoisotopic (exact) mass is 478 g/mol. The molecular weight excluding hydrogens is 436 g/mol. The second-order valence-corrected chi connectivity index (χ2v) is 10.7. The Morgan fingerprint density at radius 2 is 1.91 bits per heavy atom. The van der Waals surface area contributed by atoms with E-state index in [4.69, 9.17) is 0 Å². The molecule has 0 saturated carbocycles. The lowest BCUT2D eigenvalue weighted by molar-refractivity contribution is 0.355. The minimum Gasteiger partial charge on any atom is -0.388 e. The quantitative estimate of drug-likeness (QED) is 0.424. The summed E-state index contributed by atoms with van der Waals surface area (Å²) >= 11 is 1.96. The second-order valence-electron chi connectivity index (χ2n) is 9.55. The predicted octanol–water partition coefficient (Wildman–Crippen LogP) is 6.05. The van der Waals surface area contributed by atoms with Crippen molar-refractivity contribution in [2.75, 3.05) is 38.5 Å². The summed E-state index contributed by atoms with van der Waals surface area (Å²) in [7, 11) is 2.02. The molecule has 2 fully saturated rings. The third kappa shape index (κ3) is 5.36. The zero-order valence-corrected chi connectivity index (χ0v) is 22.2. The molecule has 5 heteroatoms. The Morgan fingerprint density at radius 3 is 2.65 bits per heavy atom. The van der Waals surface area contributed by atoms with Gasteiger partial charge in [-0.1, -0.05) is 51.6 Å². The van der Waals surface area contributed by atoms with Crippen LogP contribution in [0, 0.1) is 11.8 Å². The molecule has 3 aliphatic heterocycles. The van der Waals surface area contributed by atoms with Crippen molar-refractivity contribution in [2.24, 2.45) is 11.8 Å². The van der Waals surface area contributed by atoms with E-state index in [-0.39, 0.29) is 6.04 Å². The van der Waals surface area contributed by atoms with Crippen LogP contribution in [-0.4, -0.2) is 38.1 Å². The largest absolute Gasteiger partial charge is 0.388 e. The number of nitrogens with one attached hydrogen (secondary N) is 3. The van der Waals surface area contributed by atoms with E-state index in [2.05, 4.69) is 70.8 Å². The first-order chi connectivity index (χ1) is 16.6. The molecule has 3 unspecified atom stereocenters. The van der Waals surface area contributed by atoms with E-state index in [1.165, 1.54) is 44.4 Å². The highest BCUT2D eigenvalue weighted by atomic mass is 32.1. The minimum absolute atomic E-state index is 0.221. The number of benzene rings is 1. The van der Waals surface area contributed by atoms with Gasteiger partial charge in [-0.25, -0.2) is 0 Å². The molecule has 2 aromatic rings. The van der Waals surface area contributed by atoms with Crippen molar-refractivity contribution in [3.8, 4) is 0 Å². The molecule has 3 aliphatic rings. The highest BCUT2D eigenvalue weighted by Gasteiger charge is 2.38. The number of aryl methyl sites for hydroxylation is 2. The van der Waals surface area contributed by atoms with Gasteiger partial charge in [0.25, 0.3) is 0 Å². The van der Waals surface area contributed by atoms with E-state index in [0.29, 0.717) is 0 Å². The van der Waals surface area contributed by atoms with Crippen LogP contribution < -0.4 is 16.0 Å². The lowest BCUT2D eigenvalue weighted by Gasteiger charge is -2.30. The van der Waals surface area contributed by atoms with Crippen molar-refractivity contribution in [2.45, 2.75) is 52.5 Å². The van der Waals surface area contributed by atoms with E-state index in [1.807, 2.05) is 32.2 Å². The van der Waals surface area contributed by atoms with Gasteiger partial charge in [-0.3, -0.25) is 0 Å². The Morgan fingerprint density at radius 1 is 1.15 bits per heavy atom. The number of hydrogen-bond acceptors (Lipinski definition) is 5. The lowest BCUT2D eigenvalue weighted by atomic mass is 9.88. The number of fused-ring (bicyclic) bond motifs is 2. The summed E-state index contributed by atoms with van der Waals surface area (Å²) in [6.07, 6.45) is 6.99. The molecule has 3 atom stereocenters. The molecule has 2 saturated heterocycles. The third-order valence-electron chi connectivity index (χ3n) is 7.27. The van der Waals surface area contributed by atoms with E-state index >= 15 is 0 Å². The van der Waals surface area contributed by atoms with Crippen molar-refractivity contribution in [3.05, 3.63) is 69.6 Å². The van der Waals surface area contributed by atoms with Crippen LogP contribution in [0.25, 0.3) is 5.70 Å². The van der Waals surface area contributed by atoms with Crippen molar-refractivity contribution in [3.63, 3.8) is 0 Å². The fraction of sp³-hybridized carbons (Fsp3) is 0.517. The lowest BCUT2D eigenvalue weighted by Crippen LogP contribution is -2.33. The van der Waals surface area contributed by atoms with E-state index < -0.39 is 0 Å². The Balaban J connectivity index is 0.00000133. The molecule has 34 heavy (non-hydrogen) atoms. The summed E-state index contributed by atoms with van der Waals surface area (Å²) in [5, 5.41) is 10.6. The third-order valence-corrected chi connectivity index (χ3v) is 8.57. The molecule has 0 amide bonds. The summed E-state index contributed by atoms with van der Waals surface area (Å²) < 4.78 is 0. The maximum Gasteiger partial charge on any atom is 0.0736 e. The number of hydrogen-bond donors (Lipinski definition) is 3. The maximum absolute atomic E-state index is 4.19. The number of piperidine rings is 1. The Kier molecular flexibility index (Phi) is 8.38. The van der Waals surface area contributed by atoms with E-state index in [0.717, 1.165) is 57.3 Å².